The normalized spacial score (nSPS) is 23.6. The van der Waals surface area contributed by atoms with Gasteiger partial charge in [0.2, 0.25) is 0 Å². The monoisotopic (exact) mass is 250 g/mol. The Morgan fingerprint density at radius 1 is 1.17 bits per heavy atom. The first-order chi connectivity index (χ1) is 8.59. The third kappa shape index (κ3) is 2.58. The summed E-state index contributed by atoms with van der Waals surface area (Å²) in [5, 5.41) is 9.13. The van der Waals surface area contributed by atoms with Crippen molar-refractivity contribution in [2.75, 3.05) is 0 Å². The van der Waals surface area contributed by atoms with E-state index in [1.54, 1.807) is 6.07 Å². The minimum Gasteiger partial charge on any atom is -0.481 e. The summed E-state index contributed by atoms with van der Waals surface area (Å²) in [5.41, 5.74) is 0.271. The number of carboxylic acid groups (broad SMARTS) is 1. The zero-order valence-corrected chi connectivity index (χ0v) is 9.93. The van der Waals surface area contributed by atoms with Gasteiger partial charge in [-0.1, -0.05) is 25.0 Å². The van der Waals surface area contributed by atoms with E-state index in [2.05, 4.69) is 0 Å². The molecule has 0 amide bonds. The maximum atomic E-state index is 13.1. The number of aliphatic carboxylic acids is 1. The molecule has 1 aliphatic carbocycles. The first-order valence-corrected chi connectivity index (χ1v) is 6.12. The number of halogens is 1. The summed E-state index contributed by atoms with van der Waals surface area (Å²) in [6.07, 6.45) is 2.80. The molecule has 1 aliphatic rings. The lowest BCUT2D eigenvalue weighted by atomic mass is 9.75. The molecule has 1 N–H and O–H groups in total. The van der Waals surface area contributed by atoms with E-state index in [-0.39, 0.29) is 11.3 Å². The predicted molar refractivity (Wildman–Crippen MR) is 63.8 cm³/mol. The number of carbonyl (C=O) groups is 2. The lowest BCUT2D eigenvalue weighted by molar-refractivity contribution is -0.144. The Morgan fingerprint density at radius 2 is 1.83 bits per heavy atom. The zero-order chi connectivity index (χ0) is 13.1. The second-order valence-electron chi connectivity index (χ2n) is 4.71. The fraction of sp³-hybridized carbons (Fsp3) is 0.429. The van der Waals surface area contributed by atoms with Crippen LogP contribution in [0.4, 0.5) is 4.39 Å². The fourth-order valence-electron chi connectivity index (χ4n) is 2.60. The van der Waals surface area contributed by atoms with Gasteiger partial charge in [0, 0.05) is 11.5 Å². The molecule has 2 atom stereocenters. The predicted octanol–water partition coefficient (Wildman–Crippen LogP) is 2.90. The summed E-state index contributed by atoms with van der Waals surface area (Å²) in [4.78, 5) is 23.4. The first kappa shape index (κ1) is 12.7. The molecule has 0 aliphatic heterocycles. The van der Waals surface area contributed by atoms with Crippen molar-refractivity contribution in [3.05, 3.63) is 35.6 Å². The maximum absolute atomic E-state index is 13.1. The van der Waals surface area contributed by atoms with Gasteiger partial charge < -0.3 is 5.11 Å². The average molecular weight is 250 g/mol. The molecule has 96 valence electrons. The SMILES string of the molecule is O=C(O)[C@H]1CCCC[C@@H]1C(=O)c1cccc(F)c1. The van der Waals surface area contributed by atoms with Crippen LogP contribution in [-0.2, 0) is 4.79 Å². The van der Waals surface area contributed by atoms with E-state index in [1.165, 1.54) is 18.2 Å². The second-order valence-corrected chi connectivity index (χ2v) is 4.71. The molecule has 1 saturated carbocycles. The summed E-state index contributed by atoms with van der Waals surface area (Å²) < 4.78 is 13.1. The molecule has 0 aromatic heterocycles. The molecule has 4 heteroatoms. The van der Waals surface area contributed by atoms with Crippen molar-refractivity contribution in [1.82, 2.24) is 0 Å². The highest BCUT2D eigenvalue weighted by Crippen LogP contribution is 2.32. The third-order valence-electron chi connectivity index (χ3n) is 3.53. The summed E-state index contributed by atoms with van der Waals surface area (Å²) in [6.45, 7) is 0. The van der Waals surface area contributed by atoms with Crippen molar-refractivity contribution >= 4 is 11.8 Å². The number of carboxylic acids is 1. The van der Waals surface area contributed by atoms with E-state index < -0.39 is 23.6 Å². The first-order valence-electron chi connectivity index (χ1n) is 6.12. The number of hydrogen-bond donors (Lipinski definition) is 1. The van der Waals surface area contributed by atoms with Crippen LogP contribution in [0.2, 0.25) is 0 Å². The van der Waals surface area contributed by atoms with E-state index in [0.717, 1.165) is 12.8 Å². The highest BCUT2D eigenvalue weighted by atomic mass is 19.1. The topological polar surface area (TPSA) is 54.4 Å². The van der Waals surface area contributed by atoms with Gasteiger partial charge in [-0.25, -0.2) is 4.39 Å². The number of carbonyl (C=O) groups excluding carboxylic acids is 1. The highest BCUT2D eigenvalue weighted by molar-refractivity contribution is 5.99. The van der Waals surface area contributed by atoms with Crippen LogP contribution in [-0.4, -0.2) is 16.9 Å². The van der Waals surface area contributed by atoms with Gasteiger partial charge in [-0.15, -0.1) is 0 Å². The van der Waals surface area contributed by atoms with Crippen molar-refractivity contribution in [3.63, 3.8) is 0 Å². The van der Waals surface area contributed by atoms with Crippen LogP contribution in [0.15, 0.2) is 24.3 Å². The Labute approximate surface area is 105 Å². The van der Waals surface area contributed by atoms with Crippen molar-refractivity contribution < 1.29 is 19.1 Å². The van der Waals surface area contributed by atoms with Crippen LogP contribution < -0.4 is 0 Å². The molecule has 0 bridgehead atoms. The highest BCUT2D eigenvalue weighted by Gasteiger charge is 2.35. The molecular formula is C14H15FO3. The molecule has 0 spiro atoms. The number of hydrogen-bond acceptors (Lipinski definition) is 2. The minimum atomic E-state index is -0.926. The molecule has 1 aromatic rings. The lowest BCUT2D eigenvalue weighted by Crippen LogP contribution is -2.32. The van der Waals surface area contributed by atoms with Crippen LogP contribution in [0.25, 0.3) is 0 Å². The van der Waals surface area contributed by atoms with Crippen molar-refractivity contribution in [3.8, 4) is 0 Å². The van der Waals surface area contributed by atoms with Gasteiger partial charge in [0.25, 0.3) is 0 Å². The molecule has 1 fully saturated rings. The Morgan fingerprint density at radius 3 is 2.44 bits per heavy atom. The Kier molecular flexibility index (Phi) is 3.75. The largest absolute Gasteiger partial charge is 0.481 e. The molecule has 1 aromatic carbocycles. The summed E-state index contributed by atoms with van der Waals surface area (Å²) in [6, 6.07) is 5.46. The van der Waals surface area contributed by atoms with E-state index in [1.807, 2.05) is 0 Å². The van der Waals surface area contributed by atoms with Gasteiger partial charge in [-0.05, 0) is 25.0 Å². The standard InChI is InChI=1S/C14H15FO3/c15-10-5-3-4-9(8-10)13(16)11-6-1-2-7-12(11)14(17)18/h3-5,8,11-12H,1-2,6-7H2,(H,17,18)/t11-,12-/m0/s1. The number of ketones is 1. The van der Waals surface area contributed by atoms with E-state index in [0.29, 0.717) is 12.8 Å². The van der Waals surface area contributed by atoms with E-state index in [9.17, 15) is 14.0 Å². The van der Waals surface area contributed by atoms with Gasteiger partial charge in [0.05, 0.1) is 5.92 Å². The summed E-state index contributed by atoms with van der Waals surface area (Å²) >= 11 is 0. The molecule has 0 radical (unpaired) electrons. The molecule has 0 heterocycles. The number of rotatable bonds is 3. The zero-order valence-electron chi connectivity index (χ0n) is 9.93. The van der Waals surface area contributed by atoms with Gasteiger partial charge in [-0.2, -0.15) is 0 Å². The minimum absolute atomic E-state index is 0.249. The molecule has 3 nitrogen and oxygen atoms in total. The molecular weight excluding hydrogens is 235 g/mol. The Hall–Kier alpha value is -1.71. The van der Waals surface area contributed by atoms with Crippen molar-refractivity contribution in [2.24, 2.45) is 11.8 Å². The van der Waals surface area contributed by atoms with E-state index in [4.69, 9.17) is 5.11 Å². The second kappa shape index (κ2) is 5.29. The smallest absolute Gasteiger partial charge is 0.307 e. The van der Waals surface area contributed by atoms with Gasteiger partial charge in [0.15, 0.2) is 5.78 Å². The van der Waals surface area contributed by atoms with Crippen LogP contribution in [0.3, 0.4) is 0 Å². The van der Waals surface area contributed by atoms with Crippen LogP contribution in [0, 0.1) is 17.7 Å². The molecule has 18 heavy (non-hydrogen) atoms. The summed E-state index contributed by atoms with van der Waals surface area (Å²) in [7, 11) is 0. The lowest BCUT2D eigenvalue weighted by Gasteiger charge is -2.27. The Balaban J connectivity index is 2.23. The van der Waals surface area contributed by atoms with Gasteiger partial charge in [-0.3, -0.25) is 9.59 Å². The fourth-order valence-corrected chi connectivity index (χ4v) is 2.60. The van der Waals surface area contributed by atoms with Crippen LogP contribution >= 0.6 is 0 Å². The number of Topliss-reactive ketones (excluding diaryl/α,β-unsaturated/α-hetero) is 1. The summed E-state index contributed by atoms with van der Waals surface area (Å²) in [5.74, 6) is -2.79. The van der Waals surface area contributed by atoms with Crippen LogP contribution in [0.5, 0.6) is 0 Å². The average Bonchev–Trinajstić information content (AvgIpc) is 2.38. The van der Waals surface area contributed by atoms with Gasteiger partial charge >= 0.3 is 5.97 Å². The van der Waals surface area contributed by atoms with Crippen molar-refractivity contribution in [1.29, 1.82) is 0 Å². The molecule has 0 saturated heterocycles. The van der Waals surface area contributed by atoms with Crippen LogP contribution in [0.1, 0.15) is 36.0 Å². The van der Waals surface area contributed by atoms with E-state index >= 15 is 0 Å². The Bertz CT molecular complexity index is 470. The van der Waals surface area contributed by atoms with Crippen molar-refractivity contribution in [2.45, 2.75) is 25.7 Å². The third-order valence-corrected chi connectivity index (χ3v) is 3.53. The maximum Gasteiger partial charge on any atom is 0.307 e. The molecule has 2 rings (SSSR count). The number of benzene rings is 1. The molecule has 0 unspecified atom stereocenters. The quantitative estimate of drug-likeness (QED) is 0.839. The van der Waals surface area contributed by atoms with Gasteiger partial charge in [0.1, 0.15) is 5.82 Å².